The SMILES string of the molecule is Cl.c1ccc(-n2ccnc2CN2CCNCC2c2ccncc2)cc1. The third-order valence-electron chi connectivity index (χ3n) is 4.54. The van der Waals surface area contributed by atoms with Gasteiger partial charge in [0.15, 0.2) is 0 Å². The molecule has 25 heavy (non-hydrogen) atoms. The summed E-state index contributed by atoms with van der Waals surface area (Å²) in [5.41, 5.74) is 2.45. The molecule has 1 fully saturated rings. The number of hydrogen-bond donors (Lipinski definition) is 1. The van der Waals surface area contributed by atoms with E-state index in [0.717, 1.165) is 37.7 Å². The first-order valence-corrected chi connectivity index (χ1v) is 8.34. The Hall–Kier alpha value is -2.21. The van der Waals surface area contributed by atoms with Crippen LogP contribution in [0.15, 0.2) is 67.3 Å². The van der Waals surface area contributed by atoms with Crippen molar-refractivity contribution in [1.82, 2.24) is 24.8 Å². The van der Waals surface area contributed by atoms with Crippen molar-refractivity contribution < 1.29 is 0 Å². The molecule has 0 aliphatic carbocycles. The van der Waals surface area contributed by atoms with E-state index in [-0.39, 0.29) is 12.4 Å². The van der Waals surface area contributed by atoms with Gasteiger partial charge in [0.05, 0.1) is 6.54 Å². The molecule has 0 radical (unpaired) electrons. The molecule has 1 N–H and O–H groups in total. The number of piperazine rings is 1. The second-order valence-corrected chi connectivity index (χ2v) is 6.02. The van der Waals surface area contributed by atoms with E-state index in [9.17, 15) is 0 Å². The van der Waals surface area contributed by atoms with Gasteiger partial charge in [0, 0.05) is 56.2 Å². The molecule has 130 valence electrons. The van der Waals surface area contributed by atoms with Crippen molar-refractivity contribution in [2.24, 2.45) is 0 Å². The van der Waals surface area contributed by atoms with E-state index in [1.807, 2.05) is 30.9 Å². The number of nitrogens with one attached hydrogen (secondary N) is 1. The van der Waals surface area contributed by atoms with Crippen LogP contribution >= 0.6 is 12.4 Å². The first-order chi connectivity index (χ1) is 11.9. The number of rotatable bonds is 4. The molecule has 0 spiro atoms. The summed E-state index contributed by atoms with van der Waals surface area (Å²) in [6, 6.07) is 14.9. The minimum atomic E-state index is 0. The van der Waals surface area contributed by atoms with Gasteiger partial charge in [0.25, 0.3) is 0 Å². The molecule has 1 unspecified atom stereocenters. The van der Waals surface area contributed by atoms with Gasteiger partial charge in [0.1, 0.15) is 5.82 Å². The zero-order chi connectivity index (χ0) is 16.2. The molecular formula is C19H22ClN5. The maximum Gasteiger partial charge on any atom is 0.127 e. The number of nitrogens with zero attached hydrogens (tertiary/aromatic N) is 4. The molecular weight excluding hydrogens is 334 g/mol. The highest BCUT2D eigenvalue weighted by molar-refractivity contribution is 5.85. The second-order valence-electron chi connectivity index (χ2n) is 6.02. The molecule has 6 heteroatoms. The van der Waals surface area contributed by atoms with E-state index in [0.29, 0.717) is 6.04 Å². The van der Waals surface area contributed by atoms with Crippen LogP contribution in [0.2, 0.25) is 0 Å². The van der Waals surface area contributed by atoms with Crippen molar-refractivity contribution in [2.45, 2.75) is 12.6 Å². The van der Waals surface area contributed by atoms with Crippen LogP contribution in [0, 0.1) is 0 Å². The molecule has 1 saturated heterocycles. The Morgan fingerprint density at radius 2 is 1.84 bits per heavy atom. The van der Waals surface area contributed by atoms with E-state index in [1.54, 1.807) is 0 Å². The molecule has 4 rings (SSSR count). The first-order valence-electron chi connectivity index (χ1n) is 8.34. The van der Waals surface area contributed by atoms with Crippen molar-refractivity contribution in [3.63, 3.8) is 0 Å². The van der Waals surface area contributed by atoms with Crippen LogP contribution in [-0.4, -0.2) is 39.1 Å². The number of imidazole rings is 1. The Balaban J connectivity index is 0.00000182. The lowest BCUT2D eigenvalue weighted by Crippen LogP contribution is -2.45. The fourth-order valence-corrected chi connectivity index (χ4v) is 3.31. The summed E-state index contributed by atoms with van der Waals surface area (Å²) in [6.07, 6.45) is 7.65. The van der Waals surface area contributed by atoms with Crippen LogP contribution in [0.4, 0.5) is 0 Å². The fraction of sp³-hybridized carbons (Fsp3) is 0.263. The topological polar surface area (TPSA) is 46.0 Å². The highest BCUT2D eigenvalue weighted by atomic mass is 35.5. The highest BCUT2D eigenvalue weighted by Gasteiger charge is 2.25. The van der Waals surface area contributed by atoms with E-state index < -0.39 is 0 Å². The van der Waals surface area contributed by atoms with Gasteiger partial charge in [-0.25, -0.2) is 4.98 Å². The second kappa shape index (κ2) is 8.25. The summed E-state index contributed by atoms with van der Waals surface area (Å²) in [6.45, 7) is 3.80. The lowest BCUT2D eigenvalue weighted by Gasteiger charge is -2.36. The first kappa shape index (κ1) is 17.6. The predicted molar refractivity (Wildman–Crippen MR) is 101 cm³/mol. The van der Waals surface area contributed by atoms with Gasteiger partial charge in [-0.15, -0.1) is 12.4 Å². The predicted octanol–water partition coefficient (Wildman–Crippen LogP) is 2.84. The Labute approximate surface area is 154 Å². The molecule has 2 aromatic heterocycles. The number of pyridine rings is 1. The summed E-state index contributed by atoms with van der Waals surface area (Å²) in [5.74, 6) is 1.07. The van der Waals surface area contributed by atoms with E-state index >= 15 is 0 Å². The van der Waals surface area contributed by atoms with Crippen LogP contribution < -0.4 is 5.32 Å². The zero-order valence-electron chi connectivity index (χ0n) is 14.0. The molecule has 0 bridgehead atoms. The molecule has 1 aliphatic heterocycles. The van der Waals surface area contributed by atoms with Gasteiger partial charge in [-0.05, 0) is 29.8 Å². The van der Waals surface area contributed by atoms with Crippen LogP contribution in [0.1, 0.15) is 17.4 Å². The maximum absolute atomic E-state index is 4.60. The normalized spacial score (nSPS) is 17.8. The van der Waals surface area contributed by atoms with Gasteiger partial charge < -0.3 is 9.88 Å². The summed E-state index contributed by atoms with van der Waals surface area (Å²) in [4.78, 5) is 11.2. The summed E-state index contributed by atoms with van der Waals surface area (Å²) in [7, 11) is 0. The van der Waals surface area contributed by atoms with Gasteiger partial charge in [-0.3, -0.25) is 9.88 Å². The van der Waals surface area contributed by atoms with E-state index in [1.165, 1.54) is 5.56 Å². The third kappa shape index (κ3) is 3.90. The summed E-state index contributed by atoms with van der Waals surface area (Å²) >= 11 is 0. The lowest BCUT2D eigenvalue weighted by molar-refractivity contribution is 0.149. The molecule has 1 aliphatic rings. The largest absolute Gasteiger partial charge is 0.314 e. The number of hydrogen-bond acceptors (Lipinski definition) is 4. The molecule has 0 saturated carbocycles. The Bertz CT molecular complexity index is 775. The van der Waals surface area contributed by atoms with Crippen molar-refractivity contribution in [2.75, 3.05) is 19.6 Å². The molecule has 1 aromatic carbocycles. The number of benzene rings is 1. The number of para-hydroxylation sites is 1. The smallest absolute Gasteiger partial charge is 0.127 e. The average molecular weight is 356 g/mol. The van der Waals surface area contributed by atoms with E-state index in [4.69, 9.17) is 0 Å². The standard InChI is InChI=1S/C19H21N5.ClH/c1-2-4-17(5-3-1)24-13-11-22-19(24)15-23-12-10-21-14-18(23)16-6-8-20-9-7-16;/h1-9,11,13,18,21H,10,12,14-15H2;1H. The molecule has 3 heterocycles. The Morgan fingerprint density at radius 1 is 1.04 bits per heavy atom. The molecule has 1 atom stereocenters. The maximum atomic E-state index is 4.60. The van der Waals surface area contributed by atoms with Gasteiger partial charge in [0.2, 0.25) is 0 Å². The van der Waals surface area contributed by atoms with Crippen molar-refractivity contribution in [1.29, 1.82) is 0 Å². The fourth-order valence-electron chi connectivity index (χ4n) is 3.31. The van der Waals surface area contributed by atoms with E-state index in [2.05, 4.69) is 61.1 Å². The van der Waals surface area contributed by atoms with Gasteiger partial charge in [-0.2, -0.15) is 0 Å². The Kier molecular flexibility index (Phi) is 5.81. The number of halogens is 1. The third-order valence-corrected chi connectivity index (χ3v) is 4.54. The highest BCUT2D eigenvalue weighted by Crippen LogP contribution is 2.24. The Morgan fingerprint density at radius 3 is 2.64 bits per heavy atom. The summed E-state index contributed by atoms with van der Waals surface area (Å²) < 4.78 is 2.17. The molecule has 0 amide bonds. The van der Waals surface area contributed by atoms with Crippen LogP contribution in [0.3, 0.4) is 0 Å². The van der Waals surface area contributed by atoms with Crippen LogP contribution in [0.25, 0.3) is 5.69 Å². The quantitative estimate of drug-likeness (QED) is 0.781. The monoisotopic (exact) mass is 355 g/mol. The van der Waals surface area contributed by atoms with Crippen molar-refractivity contribution in [3.8, 4) is 5.69 Å². The lowest BCUT2D eigenvalue weighted by atomic mass is 10.0. The average Bonchev–Trinajstić information content (AvgIpc) is 3.12. The molecule has 5 nitrogen and oxygen atoms in total. The van der Waals surface area contributed by atoms with Crippen LogP contribution in [-0.2, 0) is 6.54 Å². The molecule has 3 aromatic rings. The number of aromatic nitrogens is 3. The van der Waals surface area contributed by atoms with Gasteiger partial charge in [-0.1, -0.05) is 18.2 Å². The van der Waals surface area contributed by atoms with Crippen LogP contribution in [0.5, 0.6) is 0 Å². The minimum absolute atomic E-state index is 0. The minimum Gasteiger partial charge on any atom is -0.314 e. The zero-order valence-corrected chi connectivity index (χ0v) is 14.8. The van der Waals surface area contributed by atoms with Crippen molar-refractivity contribution in [3.05, 3.63) is 78.6 Å². The van der Waals surface area contributed by atoms with Crippen molar-refractivity contribution >= 4 is 12.4 Å². The van der Waals surface area contributed by atoms with Gasteiger partial charge >= 0.3 is 0 Å². The summed E-state index contributed by atoms with van der Waals surface area (Å²) in [5, 5.41) is 3.50.